The molecule has 0 radical (unpaired) electrons. The van der Waals surface area contributed by atoms with Gasteiger partial charge in [-0.25, -0.2) is 19.0 Å². The Morgan fingerprint density at radius 1 is 1.16 bits per heavy atom. The van der Waals surface area contributed by atoms with Crippen molar-refractivity contribution < 1.29 is 29.0 Å². The maximum atomic E-state index is 13.1. The average molecular weight is 346 g/mol. The Morgan fingerprint density at radius 3 is 2.40 bits per heavy atom. The molecule has 0 aliphatic heterocycles. The van der Waals surface area contributed by atoms with Gasteiger partial charge in [0.15, 0.2) is 5.78 Å². The van der Waals surface area contributed by atoms with Crippen LogP contribution in [0.2, 0.25) is 0 Å². The van der Waals surface area contributed by atoms with Crippen LogP contribution >= 0.6 is 0 Å². The van der Waals surface area contributed by atoms with Gasteiger partial charge in [0.25, 0.3) is 0 Å². The first kappa shape index (κ1) is 18.1. The maximum absolute atomic E-state index is 13.1. The molecule has 130 valence electrons. The van der Waals surface area contributed by atoms with E-state index < -0.39 is 11.9 Å². The molecule has 25 heavy (non-hydrogen) atoms. The second-order valence-corrected chi connectivity index (χ2v) is 5.30. The van der Waals surface area contributed by atoms with Gasteiger partial charge in [-0.2, -0.15) is 0 Å². The molecule has 0 amide bonds. The lowest BCUT2D eigenvalue weighted by molar-refractivity contribution is -0.134. The van der Waals surface area contributed by atoms with Crippen LogP contribution in [0.3, 0.4) is 0 Å². The van der Waals surface area contributed by atoms with Gasteiger partial charge >= 0.3 is 11.9 Å². The zero-order chi connectivity index (χ0) is 18.6. The molecule has 0 atom stereocenters. The van der Waals surface area contributed by atoms with Gasteiger partial charge in [-0.3, -0.25) is 4.79 Å². The van der Waals surface area contributed by atoms with E-state index in [1.807, 2.05) is 0 Å². The average Bonchev–Trinajstić information content (AvgIpc) is 2.54. The van der Waals surface area contributed by atoms with Crippen molar-refractivity contribution >= 4 is 34.3 Å². The zero-order valence-electron chi connectivity index (χ0n) is 13.0. The van der Waals surface area contributed by atoms with E-state index >= 15 is 0 Å². The van der Waals surface area contributed by atoms with Gasteiger partial charge < -0.3 is 15.9 Å². The summed E-state index contributed by atoms with van der Waals surface area (Å²) in [5, 5.41) is 16.3. The Hall–Kier alpha value is -3.29. The Labute approximate surface area is 141 Å². The topological polar surface area (TPSA) is 131 Å². The number of fused-ring (bicyclic) bond motifs is 2. The molecule has 1 aliphatic carbocycles. The standard InChI is InChI=1S/C13H11FN2O.C4H4O4/c14-7-4-5-8-10(6-7)16-13-9(12(8)15)2-1-3-11(13)17;5-3(6)1-2-4(7)8/h4-6H,1-3H2,(H2,15,16);1-2H,(H,5,6)(H,7,8)/b;2-1-. The number of aromatic nitrogens is 1. The number of carbonyl (C=O) groups excluding carboxylic acids is 1. The van der Waals surface area contributed by atoms with Crippen molar-refractivity contribution in [3.63, 3.8) is 0 Å². The summed E-state index contributed by atoms with van der Waals surface area (Å²) >= 11 is 0. The number of nitrogens with two attached hydrogens (primary N) is 1. The molecule has 1 aliphatic rings. The van der Waals surface area contributed by atoms with Crippen LogP contribution in [0.4, 0.5) is 10.1 Å². The van der Waals surface area contributed by atoms with Gasteiger partial charge in [0.05, 0.1) is 5.52 Å². The Bertz CT molecular complexity index is 876. The van der Waals surface area contributed by atoms with Gasteiger partial charge in [0.1, 0.15) is 11.5 Å². The number of Topliss-reactive ketones (excluding diaryl/α,β-unsaturated/α-hetero) is 1. The van der Waals surface area contributed by atoms with Crippen LogP contribution in [0.15, 0.2) is 30.4 Å². The van der Waals surface area contributed by atoms with Crippen LogP contribution < -0.4 is 5.73 Å². The van der Waals surface area contributed by atoms with Crippen molar-refractivity contribution in [3.05, 3.63) is 47.4 Å². The lowest BCUT2D eigenvalue weighted by Crippen LogP contribution is -2.15. The molecule has 0 fully saturated rings. The Morgan fingerprint density at radius 2 is 1.80 bits per heavy atom. The van der Waals surface area contributed by atoms with E-state index in [1.54, 1.807) is 6.07 Å². The Balaban J connectivity index is 0.000000242. The highest BCUT2D eigenvalue weighted by Gasteiger charge is 2.22. The van der Waals surface area contributed by atoms with Gasteiger partial charge in [-0.15, -0.1) is 0 Å². The summed E-state index contributed by atoms with van der Waals surface area (Å²) in [6, 6.07) is 4.29. The van der Waals surface area contributed by atoms with Gasteiger partial charge in [0, 0.05) is 41.3 Å². The lowest BCUT2D eigenvalue weighted by Gasteiger charge is -2.17. The minimum Gasteiger partial charge on any atom is -0.478 e. The quantitative estimate of drug-likeness (QED) is 0.710. The number of rotatable bonds is 2. The minimum absolute atomic E-state index is 0.00381. The number of anilines is 1. The molecule has 0 unspecified atom stereocenters. The fourth-order valence-electron chi connectivity index (χ4n) is 2.47. The highest BCUT2D eigenvalue weighted by Crippen LogP contribution is 2.31. The molecule has 1 aromatic heterocycles. The fourth-order valence-corrected chi connectivity index (χ4v) is 2.47. The van der Waals surface area contributed by atoms with E-state index in [1.165, 1.54) is 12.1 Å². The van der Waals surface area contributed by atoms with Crippen molar-refractivity contribution in [2.45, 2.75) is 19.3 Å². The summed E-state index contributed by atoms with van der Waals surface area (Å²) in [5.41, 5.74) is 8.30. The number of carboxylic acids is 2. The number of ketones is 1. The minimum atomic E-state index is -1.26. The summed E-state index contributed by atoms with van der Waals surface area (Å²) in [6.07, 6.45) is 3.20. The summed E-state index contributed by atoms with van der Waals surface area (Å²) in [5.74, 6) is -2.88. The van der Waals surface area contributed by atoms with E-state index in [0.29, 0.717) is 35.5 Å². The molecular formula is C17H15FN2O5. The molecule has 2 aromatic rings. The number of benzene rings is 1. The van der Waals surface area contributed by atoms with Crippen molar-refractivity contribution in [3.8, 4) is 0 Å². The second kappa shape index (κ2) is 7.52. The lowest BCUT2D eigenvalue weighted by atomic mass is 9.92. The van der Waals surface area contributed by atoms with E-state index in [0.717, 1.165) is 23.8 Å². The highest BCUT2D eigenvalue weighted by atomic mass is 19.1. The normalized spacial score (nSPS) is 13.2. The molecule has 0 bridgehead atoms. The predicted octanol–water partition coefficient (Wildman–Crippen LogP) is 2.19. The van der Waals surface area contributed by atoms with Crippen molar-refractivity contribution in [1.29, 1.82) is 0 Å². The van der Waals surface area contributed by atoms with E-state index in [-0.39, 0.29) is 11.6 Å². The van der Waals surface area contributed by atoms with Crippen LogP contribution in [0.5, 0.6) is 0 Å². The zero-order valence-corrected chi connectivity index (χ0v) is 13.0. The van der Waals surface area contributed by atoms with Crippen LogP contribution in [0, 0.1) is 5.82 Å². The smallest absolute Gasteiger partial charge is 0.328 e. The summed E-state index contributed by atoms with van der Waals surface area (Å²) in [7, 11) is 0. The van der Waals surface area contributed by atoms with Gasteiger partial charge in [0.2, 0.25) is 0 Å². The Kier molecular flexibility index (Phi) is 5.43. The second-order valence-electron chi connectivity index (χ2n) is 5.30. The maximum Gasteiger partial charge on any atom is 0.328 e. The number of pyridine rings is 1. The molecule has 3 rings (SSSR count). The summed E-state index contributed by atoms with van der Waals surface area (Å²) < 4.78 is 13.1. The number of carboxylic acid groups (broad SMARTS) is 2. The molecular weight excluding hydrogens is 331 g/mol. The molecule has 0 saturated heterocycles. The van der Waals surface area contributed by atoms with Crippen LogP contribution in [-0.2, 0) is 16.0 Å². The molecule has 0 spiro atoms. The third kappa shape index (κ3) is 4.37. The summed E-state index contributed by atoms with van der Waals surface area (Å²) in [4.78, 5) is 35.1. The van der Waals surface area contributed by atoms with E-state index in [2.05, 4.69) is 4.98 Å². The summed E-state index contributed by atoms with van der Waals surface area (Å²) in [6.45, 7) is 0. The number of nitrogens with zero attached hydrogens (tertiary/aromatic N) is 1. The largest absolute Gasteiger partial charge is 0.478 e. The van der Waals surface area contributed by atoms with E-state index in [9.17, 15) is 18.8 Å². The van der Waals surface area contributed by atoms with Crippen molar-refractivity contribution in [2.24, 2.45) is 0 Å². The van der Waals surface area contributed by atoms with Crippen molar-refractivity contribution in [1.82, 2.24) is 4.98 Å². The SMILES string of the molecule is Nc1c2c(nc3cc(F)ccc13)C(=O)CCC2.O=C(O)/C=C\C(=O)O. The fraction of sp³-hybridized carbons (Fsp3) is 0.176. The van der Waals surface area contributed by atoms with Crippen LogP contribution in [0.1, 0.15) is 28.9 Å². The van der Waals surface area contributed by atoms with Crippen LogP contribution in [-0.4, -0.2) is 32.9 Å². The first-order valence-corrected chi connectivity index (χ1v) is 7.34. The van der Waals surface area contributed by atoms with Crippen LogP contribution in [0.25, 0.3) is 10.9 Å². The number of hydrogen-bond donors (Lipinski definition) is 3. The number of nitrogen functional groups attached to an aromatic ring is 1. The number of aliphatic carboxylic acids is 2. The molecule has 7 nitrogen and oxygen atoms in total. The van der Waals surface area contributed by atoms with E-state index in [4.69, 9.17) is 15.9 Å². The van der Waals surface area contributed by atoms with Gasteiger partial charge in [-0.1, -0.05) is 0 Å². The number of halogens is 1. The van der Waals surface area contributed by atoms with Crippen molar-refractivity contribution in [2.75, 3.05) is 5.73 Å². The third-order valence-corrected chi connectivity index (χ3v) is 3.56. The molecule has 0 saturated carbocycles. The number of hydrogen-bond acceptors (Lipinski definition) is 5. The van der Waals surface area contributed by atoms with Gasteiger partial charge in [-0.05, 0) is 25.0 Å². The first-order chi connectivity index (χ1) is 11.8. The monoisotopic (exact) mass is 346 g/mol. The first-order valence-electron chi connectivity index (χ1n) is 7.34. The number of carbonyl (C=O) groups is 3. The predicted molar refractivity (Wildman–Crippen MR) is 87.8 cm³/mol. The molecule has 4 N–H and O–H groups in total. The molecule has 8 heteroatoms. The molecule has 1 heterocycles. The molecule has 1 aromatic carbocycles. The highest BCUT2D eigenvalue weighted by molar-refractivity contribution is 6.03. The third-order valence-electron chi connectivity index (χ3n) is 3.56.